The predicted molar refractivity (Wildman–Crippen MR) is 63.5 cm³/mol. The second-order valence-electron chi connectivity index (χ2n) is 3.38. The van der Waals surface area contributed by atoms with Crippen molar-refractivity contribution in [3.05, 3.63) is 23.3 Å². The molecule has 0 aliphatic heterocycles. The Labute approximate surface area is 97.1 Å². The Balaban J connectivity index is 2.42. The molecule has 0 bridgehead atoms. The van der Waals surface area contributed by atoms with Crippen molar-refractivity contribution < 1.29 is 9.21 Å². The number of hydrogen-bond acceptors (Lipinski definition) is 5. The van der Waals surface area contributed by atoms with Crippen molar-refractivity contribution in [2.24, 2.45) is 0 Å². The molecule has 0 fully saturated rings. The predicted octanol–water partition coefficient (Wildman–Crippen LogP) is 2.97. The Morgan fingerprint density at radius 3 is 3.06 bits per heavy atom. The molecule has 0 aromatic carbocycles. The maximum atomic E-state index is 11.8. The molecular formula is C11H12N2O2S. The topological polar surface area (TPSA) is 69.1 Å². The van der Waals surface area contributed by atoms with Crippen molar-refractivity contribution in [3.8, 4) is 11.5 Å². The van der Waals surface area contributed by atoms with Gasteiger partial charge >= 0.3 is 0 Å². The van der Waals surface area contributed by atoms with Gasteiger partial charge in [0.05, 0.1) is 6.26 Å². The standard InChI is InChI=1S/C11H12N2O2S/c1-2-4-7(14)10-9(13-11(12)16-10)8-5-3-6-15-8/h3,5-6H,2,4H2,1H3,(H2,12,13). The van der Waals surface area contributed by atoms with E-state index in [0.29, 0.717) is 27.9 Å². The Morgan fingerprint density at radius 1 is 1.62 bits per heavy atom. The number of thiazole rings is 1. The van der Waals surface area contributed by atoms with Crippen LogP contribution >= 0.6 is 11.3 Å². The summed E-state index contributed by atoms with van der Waals surface area (Å²) in [6, 6.07) is 3.54. The molecular weight excluding hydrogens is 224 g/mol. The molecule has 0 amide bonds. The third-order valence-electron chi connectivity index (χ3n) is 2.13. The highest BCUT2D eigenvalue weighted by Gasteiger charge is 2.19. The van der Waals surface area contributed by atoms with Gasteiger partial charge in [0.2, 0.25) is 0 Å². The molecule has 2 heterocycles. The highest BCUT2D eigenvalue weighted by atomic mass is 32.1. The van der Waals surface area contributed by atoms with Crippen LogP contribution in [0.3, 0.4) is 0 Å². The number of nitrogens with zero attached hydrogens (tertiary/aromatic N) is 1. The fourth-order valence-corrected chi connectivity index (χ4v) is 2.25. The Bertz CT molecular complexity index is 488. The van der Waals surface area contributed by atoms with E-state index in [9.17, 15) is 4.79 Å². The molecule has 84 valence electrons. The summed E-state index contributed by atoms with van der Waals surface area (Å²) in [7, 11) is 0. The molecule has 0 spiro atoms. The van der Waals surface area contributed by atoms with Gasteiger partial charge in [0, 0.05) is 6.42 Å². The lowest BCUT2D eigenvalue weighted by atomic mass is 10.1. The van der Waals surface area contributed by atoms with Crippen LogP contribution < -0.4 is 5.73 Å². The van der Waals surface area contributed by atoms with E-state index in [0.717, 1.165) is 6.42 Å². The minimum Gasteiger partial charge on any atom is -0.463 e. The van der Waals surface area contributed by atoms with E-state index >= 15 is 0 Å². The number of Topliss-reactive ketones (excluding diaryl/α,β-unsaturated/α-hetero) is 1. The second-order valence-corrected chi connectivity index (χ2v) is 4.41. The van der Waals surface area contributed by atoms with Crippen LogP contribution in [0.15, 0.2) is 22.8 Å². The molecule has 2 rings (SSSR count). The van der Waals surface area contributed by atoms with Gasteiger partial charge in [-0.15, -0.1) is 0 Å². The number of aromatic nitrogens is 1. The fourth-order valence-electron chi connectivity index (χ4n) is 1.45. The average molecular weight is 236 g/mol. The van der Waals surface area contributed by atoms with Crippen LogP contribution in [0, 0.1) is 0 Å². The SMILES string of the molecule is CCCC(=O)c1sc(N)nc1-c1ccco1. The van der Waals surface area contributed by atoms with E-state index in [1.807, 2.05) is 6.92 Å². The minimum atomic E-state index is 0.0723. The summed E-state index contributed by atoms with van der Waals surface area (Å²) in [5, 5.41) is 0.394. The van der Waals surface area contributed by atoms with Crippen molar-refractivity contribution in [3.63, 3.8) is 0 Å². The van der Waals surface area contributed by atoms with Gasteiger partial charge in [-0.05, 0) is 18.6 Å². The van der Waals surface area contributed by atoms with E-state index in [1.165, 1.54) is 11.3 Å². The van der Waals surface area contributed by atoms with Crippen molar-refractivity contribution in [2.45, 2.75) is 19.8 Å². The number of ketones is 1. The normalized spacial score (nSPS) is 10.6. The van der Waals surface area contributed by atoms with Crippen molar-refractivity contribution in [2.75, 3.05) is 5.73 Å². The third-order valence-corrected chi connectivity index (χ3v) is 3.05. The minimum absolute atomic E-state index is 0.0723. The molecule has 2 N–H and O–H groups in total. The number of furan rings is 1. The smallest absolute Gasteiger partial charge is 0.181 e. The lowest BCUT2D eigenvalue weighted by Crippen LogP contribution is -1.97. The molecule has 16 heavy (non-hydrogen) atoms. The van der Waals surface area contributed by atoms with Gasteiger partial charge in [-0.2, -0.15) is 0 Å². The molecule has 0 saturated carbocycles. The molecule has 0 atom stereocenters. The quantitative estimate of drug-likeness (QED) is 0.828. The Kier molecular flexibility index (Phi) is 3.05. The monoisotopic (exact) mass is 236 g/mol. The zero-order valence-corrected chi connectivity index (χ0v) is 9.71. The molecule has 0 aliphatic carbocycles. The number of nitrogen functional groups attached to an aromatic ring is 1. The summed E-state index contributed by atoms with van der Waals surface area (Å²) in [6.07, 6.45) is 2.88. The zero-order chi connectivity index (χ0) is 11.5. The summed E-state index contributed by atoms with van der Waals surface area (Å²) in [6.45, 7) is 1.97. The summed E-state index contributed by atoms with van der Waals surface area (Å²) in [5.41, 5.74) is 6.19. The molecule has 2 aromatic rings. The highest BCUT2D eigenvalue weighted by molar-refractivity contribution is 7.17. The van der Waals surface area contributed by atoms with E-state index in [2.05, 4.69) is 4.98 Å². The molecule has 0 radical (unpaired) electrons. The van der Waals surface area contributed by atoms with Gasteiger partial charge in [-0.1, -0.05) is 18.3 Å². The fraction of sp³-hybridized carbons (Fsp3) is 0.273. The number of hydrogen-bond donors (Lipinski definition) is 1. The Morgan fingerprint density at radius 2 is 2.44 bits per heavy atom. The average Bonchev–Trinajstić information content (AvgIpc) is 2.85. The first-order valence-electron chi connectivity index (χ1n) is 5.05. The van der Waals surface area contributed by atoms with Crippen LogP contribution in [0.25, 0.3) is 11.5 Å². The highest BCUT2D eigenvalue weighted by Crippen LogP contribution is 2.31. The summed E-state index contributed by atoms with van der Waals surface area (Å²) >= 11 is 1.22. The lowest BCUT2D eigenvalue weighted by molar-refractivity contribution is 0.0986. The van der Waals surface area contributed by atoms with Crippen molar-refractivity contribution in [1.29, 1.82) is 0 Å². The molecule has 4 nitrogen and oxygen atoms in total. The van der Waals surface area contributed by atoms with E-state index in [1.54, 1.807) is 18.4 Å². The summed E-state index contributed by atoms with van der Waals surface area (Å²) in [5.74, 6) is 0.663. The first kappa shape index (κ1) is 10.9. The van der Waals surface area contributed by atoms with E-state index in [4.69, 9.17) is 10.2 Å². The van der Waals surface area contributed by atoms with Gasteiger partial charge < -0.3 is 10.2 Å². The van der Waals surface area contributed by atoms with Crippen molar-refractivity contribution in [1.82, 2.24) is 4.98 Å². The van der Waals surface area contributed by atoms with Gasteiger partial charge in [-0.25, -0.2) is 4.98 Å². The zero-order valence-electron chi connectivity index (χ0n) is 8.90. The van der Waals surface area contributed by atoms with Gasteiger partial charge in [-0.3, -0.25) is 4.79 Å². The van der Waals surface area contributed by atoms with Crippen LogP contribution in [-0.2, 0) is 0 Å². The number of anilines is 1. The summed E-state index contributed by atoms with van der Waals surface area (Å²) in [4.78, 5) is 16.6. The third kappa shape index (κ3) is 1.99. The number of nitrogens with two attached hydrogens (primary N) is 1. The second kappa shape index (κ2) is 4.49. The van der Waals surface area contributed by atoms with Crippen LogP contribution in [0.1, 0.15) is 29.4 Å². The largest absolute Gasteiger partial charge is 0.463 e. The first-order valence-corrected chi connectivity index (χ1v) is 5.87. The van der Waals surface area contributed by atoms with Crippen molar-refractivity contribution >= 4 is 22.3 Å². The maximum absolute atomic E-state index is 11.8. The van der Waals surface area contributed by atoms with Crippen LogP contribution in [0.5, 0.6) is 0 Å². The van der Waals surface area contributed by atoms with E-state index in [-0.39, 0.29) is 5.78 Å². The molecule has 0 saturated heterocycles. The van der Waals surface area contributed by atoms with Gasteiger partial charge in [0.1, 0.15) is 10.6 Å². The first-order chi connectivity index (χ1) is 7.72. The summed E-state index contributed by atoms with van der Waals surface area (Å²) < 4.78 is 5.24. The number of carbonyl (C=O) groups excluding carboxylic acids is 1. The molecule has 5 heteroatoms. The van der Waals surface area contributed by atoms with E-state index < -0.39 is 0 Å². The molecule has 0 aliphatic rings. The molecule has 0 unspecified atom stereocenters. The van der Waals surface area contributed by atoms with Gasteiger partial charge in [0.25, 0.3) is 0 Å². The van der Waals surface area contributed by atoms with Crippen LogP contribution in [0.4, 0.5) is 5.13 Å². The van der Waals surface area contributed by atoms with Gasteiger partial charge in [0.15, 0.2) is 16.7 Å². The maximum Gasteiger partial charge on any atom is 0.181 e. The number of rotatable bonds is 4. The lowest BCUT2D eigenvalue weighted by Gasteiger charge is -1.96. The molecule has 2 aromatic heterocycles. The van der Waals surface area contributed by atoms with Crippen LogP contribution in [-0.4, -0.2) is 10.8 Å². The number of carbonyl (C=O) groups is 1. The van der Waals surface area contributed by atoms with Crippen LogP contribution in [0.2, 0.25) is 0 Å². The Hall–Kier alpha value is -1.62.